The van der Waals surface area contributed by atoms with Gasteiger partial charge in [-0.15, -0.1) is 0 Å². The molecule has 0 fully saturated rings. The van der Waals surface area contributed by atoms with Gasteiger partial charge < -0.3 is 10.1 Å². The van der Waals surface area contributed by atoms with E-state index in [0.717, 1.165) is 18.5 Å². The molecule has 0 saturated heterocycles. The van der Waals surface area contributed by atoms with Crippen molar-refractivity contribution in [3.8, 4) is 0 Å². The van der Waals surface area contributed by atoms with Crippen LogP contribution in [0.1, 0.15) is 31.0 Å². The van der Waals surface area contributed by atoms with Gasteiger partial charge in [-0.1, -0.05) is 13.3 Å². The largest absolute Gasteiger partial charge is 0.380 e. The summed E-state index contributed by atoms with van der Waals surface area (Å²) in [5, 5.41) is 9.57. The van der Waals surface area contributed by atoms with Gasteiger partial charge in [-0.05, 0) is 20.4 Å². The molecular weight excluding hydrogens is 280 g/mol. The molecule has 1 heterocycles. The predicted molar refractivity (Wildman–Crippen MR) is 77.0 cm³/mol. The number of nitrogens with one attached hydrogen (secondary N) is 3. The lowest BCUT2D eigenvalue weighted by molar-refractivity contribution is 0.136. The van der Waals surface area contributed by atoms with Crippen molar-refractivity contribution in [3.05, 3.63) is 11.3 Å². The molecule has 0 amide bonds. The minimum atomic E-state index is -3.60. The molecule has 0 atom stereocenters. The molecule has 0 radical (unpaired) electrons. The number of hydrogen-bond acceptors (Lipinski definition) is 5. The molecule has 0 aliphatic heterocycles. The summed E-state index contributed by atoms with van der Waals surface area (Å²) in [6, 6.07) is 0. The van der Waals surface area contributed by atoms with Crippen LogP contribution in [-0.2, 0) is 21.3 Å². The molecule has 0 aliphatic rings. The fourth-order valence-corrected chi connectivity index (χ4v) is 2.91. The highest BCUT2D eigenvalue weighted by Crippen LogP contribution is 2.15. The third-order valence-electron chi connectivity index (χ3n) is 2.82. The predicted octanol–water partition coefficient (Wildman–Crippen LogP) is 0.533. The smallest absolute Gasteiger partial charge is 0.260 e. The minimum Gasteiger partial charge on any atom is -0.380 e. The Hall–Kier alpha value is -0.960. The van der Waals surface area contributed by atoms with E-state index in [-0.39, 0.29) is 11.6 Å². The Morgan fingerprint density at radius 2 is 2.10 bits per heavy atom. The molecular formula is C12H24N4O3S. The van der Waals surface area contributed by atoms with E-state index in [2.05, 4.69) is 27.2 Å². The van der Waals surface area contributed by atoms with Crippen LogP contribution in [0, 0.1) is 6.92 Å². The van der Waals surface area contributed by atoms with Crippen LogP contribution in [0.4, 0.5) is 0 Å². The summed E-state index contributed by atoms with van der Waals surface area (Å²) < 4.78 is 32.1. The van der Waals surface area contributed by atoms with E-state index in [4.69, 9.17) is 4.74 Å². The average Bonchev–Trinajstić information content (AvgIpc) is 2.77. The van der Waals surface area contributed by atoms with Crippen LogP contribution in [0.15, 0.2) is 5.03 Å². The molecule has 0 aromatic carbocycles. The van der Waals surface area contributed by atoms with Crippen LogP contribution in [-0.4, -0.2) is 45.4 Å². The van der Waals surface area contributed by atoms with Crippen molar-refractivity contribution >= 4 is 10.0 Å². The number of rotatable bonds is 10. The second-order valence-corrected chi connectivity index (χ2v) is 6.21. The highest BCUT2D eigenvalue weighted by atomic mass is 32.2. The third kappa shape index (κ3) is 4.86. The van der Waals surface area contributed by atoms with Gasteiger partial charge in [0.2, 0.25) is 0 Å². The average molecular weight is 304 g/mol. The van der Waals surface area contributed by atoms with Gasteiger partial charge in [0.1, 0.15) is 0 Å². The van der Waals surface area contributed by atoms with Gasteiger partial charge in [-0.25, -0.2) is 13.1 Å². The summed E-state index contributed by atoms with van der Waals surface area (Å²) in [6.45, 7) is 5.60. The fraction of sp³-hybridized carbons (Fsp3) is 0.750. The van der Waals surface area contributed by atoms with Gasteiger partial charge in [-0.2, -0.15) is 5.10 Å². The molecule has 0 spiro atoms. The van der Waals surface area contributed by atoms with Crippen molar-refractivity contribution < 1.29 is 13.2 Å². The van der Waals surface area contributed by atoms with E-state index in [0.29, 0.717) is 25.3 Å². The molecule has 8 heteroatoms. The summed E-state index contributed by atoms with van der Waals surface area (Å²) in [6.07, 6.45) is 2.04. The maximum atomic E-state index is 12.2. The number of aryl methyl sites for hydroxylation is 1. The Balaban J connectivity index is 2.56. The van der Waals surface area contributed by atoms with Gasteiger partial charge in [-0.3, -0.25) is 5.10 Å². The topological polar surface area (TPSA) is 96.1 Å². The Kier molecular flexibility index (Phi) is 7.14. The maximum absolute atomic E-state index is 12.2. The van der Waals surface area contributed by atoms with Crippen LogP contribution in [0.5, 0.6) is 0 Å². The Morgan fingerprint density at radius 1 is 1.35 bits per heavy atom. The van der Waals surface area contributed by atoms with Crippen LogP contribution in [0.2, 0.25) is 0 Å². The second kappa shape index (κ2) is 8.35. The van der Waals surface area contributed by atoms with Crippen molar-refractivity contribution in [2.24, 2.45) is 0 Å². The number of aromatic amines is 1. The van der Waals surface area contributed by atoms with Gasteiger partial charge in [0, 0.05) is 31.0 Å². The molecule has 1 aromatic heterocycles. The molecule has 116 valence electrons. The Labute approximate surface area is 120 Å². The molecule has 1 rings (SSSR count). The summed E-state index contributed by atoms with van der Waals surface area (Å²) in [7, 11) is -1.84. The zero-order valence-electron chi connectivity index (χ0n) is 12.3. The van der Waals surface area contributed by atoms with E-state index in [1.807, 2.05) is 0 Å². The van der Waals surface area contributed by atoms with E-state index < -0.39 is 10.0 Å². The summed E-state index contributed by atoms with van der Waals surface area (Å²) in [5.41, 5.74) is 1.41. The van der Waals surface area contributed by atoms with Gasteiger partial charge in [0.25, 0.3) is 10.0 Å². The van der Waals surface area contributed by atoms with E-state index in [1.165, 1.54) is 0 Å². The number of sulfonamides is 1. The monoisotopic (exact) mass is 304 g/mol. The van der Waals surface area contributed by atoms with Gasteiger partial charge in [0.15, 0.2) is 5.03 Å². The molecule has 7 nitrogen and oxygen atoms in total. The quantitative estimate of drug-likeness (QED) is 0.548. The number of H-pyrrole nitrogens is 1. The fourth-order valence-electron chi connectivity index (χ4n) is 1.70. The molecule has 0 saturated carbocycles. The third-order valence-corrected chi connectivity index (χ3v) is 4.26. The number of ether oxygens (including phenoxy) is 1. The van der Waals surface area contributed by atoms with Crippen molar-refractivity contribution in [2.75, 3.05) is 26.8 Å². The SMILES string of the molecule is CCCCOCCNS(=O)(=O)c1n[nH]c(C)c1CNC. The Bertz CT molecular complexity index is 499. The molecule has 0 bridgehead atoms. The molecule has 0 unspecified atom stereocenters. The van der Waals surface area contributed by atoms with Crippen LogP contribution >= 0.6 is 0 Å². The minimum absolute atomic E-state index is 0.0536. The Morgan fingerprint density at radius 3 is 2.75 bits per heavy atom. The van der Waals surface area contributed by atoms with Crippen LogP contribution < -0.4 is 10.0 Å². The zero-order valence-corrected chi connectivity index (χ0v) is 13.1. The zero-order chi connectivity index (χ0) is 15.0. The van der Waals surface area contributed by atoms with Crippen molar-refractivity contribution in [2.45, 2.75) is 38.3 Å². The lowest BCUT2D eigenvalue weighted by atomic mass is 10.3. The summed E-state index contributed by atoms with van der Waals surface area (Å²) in [5.74, 6) is 0. The lowest BCUT2D eigenvalue weighted by Gasteiger charge is -2.07. The van der Waals surface area contributed by atoms with Crippen molar-refractivity contribution in [1.82, 2.24) is 20.2 Å². The first-order valence-electron chi connectivity index (χ1n) is 6.78. The van der Waals surface area contributed by atoms with E-state index in [1.54, 1.807) is 14.0 Å². The van der Waals surface area contributed by atoms with Crippen molar-refractivity contribution in [1.29, 1.82) is 0 Å². The second-order valence-electron chi connectivity index (χ2n) is 4.53. The van der Waals surface area contributed by atoms with Crippen LogP contribution in [0.25, 0.3) is 0 Å². The number of hydrogen-bond donors (Lipinski definition) is 3. The van der Waals surface area contributed by atoms with Gasteiger partial charge >= 0.3 is 0 Å². The number of aromatic nitrogens is 2. The molecule has 20 heavy (non-hydrogen) atoms. The first-order valence-corrected chi connectivity index (χ1v) is 8.27. The number of nitrogens with zero attached hydrogens (tertiary/aromatic N) is 1. The molecule has 3 N–H and O–H groups in total. The summed E-state index contributed by atoms with van der Waals surface area (Å²) >= 11 is 0. The standard InChI is InChI=1S/C12H24N4O3S/c1-4-5-7-19-8-6-14-20(17,18)12-11(9-13-3)10(2)15-16-12/h13-14H,4-9H2,1-3H3,(H,15,16). The molecule has 1 aromatic rings. The highest BCUT2D eigenvalue weighted by molar-refractivity contribution is 7.89. The number of unbranched alkanes of at least 4 members (excludes halogenated alkanes) is 1. The van der Waals surface area contributed by atoms with E-state index in [9.17, 15) is 8.42 Å². The molecule has 0 aliphatic carbocycles. The normalized spacial score (nSPS) is 11.9. The van der Waals surface area contributed by atoms with E-state index >= 15 is 0 Å². The first kappa shape index (κ1) is 17.1. The van der Waals surface area contributed by atoms with Crippen molar-refractivity contribution in [3.63, 3.8) is 0 Å². The van der Waals surface area contributed by atoms with Crippen LogP contribution in [0.3, 0.4) is 0 Å². The highest BCUT2D eigenvalue weighted by Gasteiger charge is 2.22. The first-order chi connectivity index (χ1) is 9.53. The lowest BCUT2D eigenvalue weighted by Crippen LogP contribution is -2.29. The summed E-state index contributed by atoms with van der Waals surface area (Å²) in [4.78, 5) is 0. The maximum Gasteiger partial charge on any atom is 0.260 e. The van der Waals surface area contributed by atoms with Gasteiger partial charge in [0.05, 0.1) is 6.61 Å².